The number of alkyl halides is 1. The normalized spacial score (nSPS) is 26.8. The number of anilines is 1. The van der Waals surface area contributed by atoms with Gasteiger partial charge in [0.05, 0.1) is 29.9 Å². The molecule has 1 aromatic carbocycles. The number of halogens is 3. The highest BCUT2D eigenvalue weighted by Gasteiger charge is 2.49. The van der Waals surface area contributed by atoms with Crippen LogP contribution in [0.1, 0.15) is 50.0 Å². The van der Waals surface area contributed by atoms with Crippen molar-refractivity contribution >= 4 is 39.2 Å². The van der Waals surface area contributed by atoms with Crippen molar-refractivity contribution in [3.63, 3.8) is 0 Å². The Morgan fingerprint density at radius 1 is 1.16 bits per heavy atom. The van der Waals surface area contributed by atoms with Gasteiger partial charge in [0.15, 0.2) is 5.82 Å². The van der Waals surface area contributed by atoms with Crippen LogP contribution in [0.25, 0.3) is 33.1 Å². The average Bonchev–Trinajstić information content (AvgIpc) is 3.62. The summed E-state index contributed by atoms with van der Waals surface area (Å²) in [5.41, 5.74) is 1.96. The van der Waals surface area contributed by atoms with Gasteiger partial charge < -0.3 is 19.1 Å². The first kappa shape index (κ1) is 27.0. The van der Waals surface area contributed by atoms with Crippen molar-refractivity contribution in [2.75, 3.05) is 51.0 Å². The number of aromatic nitrogens is 5. The van der Waals surface area contributed by atoms with Crippen LogP contribution in [-0.2, 0) is 4.74 Å². The summed E-state index contributed by atoms with van der Waals surface area (Å²) in [5.74, 6) is 0.398. The first-order valence-electron chi connectivity index (χ1n) is 15.6. The molecule has 3 aromatic heterocycles. The Morgan fingerprint density at radius 3 is 2.95 bits per heavy atom. The van der Waals surface area contributed by atoms with Crippen LogP contribution >= 0.6 is 11.6 Å². The molecule has 1 saturated carbocycles. The van der Waals surface area contributed by atoms with E-state index in [1.807, 2.05) is 6.07 Å². The maximum atomic E-state index is 17.1. The molecule has 0 bridgehead atoms. The molecular formula is C31H32ClF2N7O3. The number of nitrogens with zero attached hydrogens (tertiary/aromatic N) is 6. The third-order valence-electron chi connectivity index (χ3n) is 10.0. The summed E-state index contributed by atoms with van der Waals surface area (Å²) in [6, 6.07) is 1.75. The van der Waals surface area contributed by atoms with Gasteiger partial charge in [0.2, 0.25) is 5.88 Å². The summed E-state index contributed by atoms with van der Waals surface area (Å²) in [6.07, 6.45) is 5.77. The number of fused-ring (bicyclic) bond motifs is 4. The van der Waals surface area contributed by atoms with Crippen LogP contribution in [0.3, 0.4) is 0 Å². The Morgan fingerprint density at radius 2 is 2.07 bits per heavy atom. The maximum Gasteiger partial charge on any atom is 0.319 e. The van der Waals surface area contributed by atoms with E-state index in [-0.39, 0.29) is 41.7 Å². The van der Waals surface area contributed by atoms with Gasteiger partial charge in [0, 0.05) is 42.1 Å². The Balaban J connectivity index is 1.24. The quantitative estimate of drug-likeness (QED) is 0.322. The molecule has 3 atom stereocenters. The zero-order chi connectivity index (χ0) is 29.6. The summed E-state index contributed by atoms with van der Waals surface area (Å²) in [4.78, 5) is 18.7. The smallest absolute Gasteiger partial charge is 0.319 e. The largest absolute Gasteiger partial charge is 0.475 e. The lowest BCUT2D eigenvalue weighted by Crippen LogP contribution is -2.43. The van der Waals surface area contributed by atoms with Crippen LogP contribution in [0.5, 0.6) is 11.9 Å². The molecule has 0 amide bonds. The standard InChI is InChI=1S/C31H32ClF2N7O3/c32-20-9-21-19(11-35-39-21)23(22(20)16-3-4-16)26-25(34)27-24-28(41-7-2-8-42-13-18(41)14-43-29(24)36-26)38-30(37-27)44-15-31-5-1-6-40(31)12-17(33)10-31/h9,11,16-18H,1-8,10,12-15H2,(H,35,39)/t17-,18+,31+/m1/s1. The second-order valence-corrected chi connectivity index (χ2v) is 13.2. The highest BCUT2D eigenvalue weighted by atomic mass is 35.5. The van der Waals surface area contributed by atoms with E-state index in [9.17, 15) is 4.39 Å². The van der Waals surface area contributed by atoms with Gasteiger partial charge in [-0.15, -0.1) is 0 Å². The number of nitrogens with one attached hydrogen (secondary N) is 1. The average molecular weight is 624 g/mol. The van der Waals surface area contributed by atoms with Crippen molar-refractivity contribution < 1.29 is 23.0 Å². The molecule has 5 aliphatic rings. The monoisotopic (exact) mass is 623 g/mol. The van der Waals surface area contributed by atoms with Gasteiger partial charge in [-0.25, -0.2) is 13.8 Å². The van der Waals surface area contributed by atoms with E-state index in [0.717, 1.165) is 49.6 Å². The molecule has 0 unspecified atom stereocenters. The highest BCUT2D eigenvalue weighted by Crippen LogP contribution is 2.51. The van der Waals surface area contributed by atoms with Gasteiger partial charge in [-0.1, -0.05) is 11.6 Å². The second kappa shape index (κ2) is 10.1. The lowest BCUT2D eigenvalue weighted by Gasteiger charge is -2.31. The van der Waals surface area contributed by atoms with Gasteiger partial charge in [-0.2, -0.15) is 15.1 Å². The summed E-state index contributed by atoms with van der Waals surface area (Å²) >= 11 is 6.81. The van der Waals surface area contributed by atoms with Gasteiger partial charge >= 0.3 is 6.01 Å². The second-order valence-electron chi connectivity index (χ2n) is 12.8. The SMILES string of the molecule is Fc1c(-c2c(C3CC3)c(Cl)cc3[nH]ncc23)nc2c3c(nc(OC[C@@]45CCCN4C[C@H](F)C5)nc13)N1CCCOC[C@H]1CO2. The van der Waals surface area contributed by atoms with Gasteiger partial charge in [0.1, 0.15) is 41.8 Å². The molecule has 7 heterocycles. The minimum absolute atomic E-state index is 0.0609. The molecule has 4 aromatic rings. The number of rotatable bonds is 5. The minimum atomic E-state index is -0.886. The lowest BCUT2D eigenvalue weighted by molar-refractivity contribution is 0.107. The van der Waals surface area contributed by atoms with Gasteiger partial charge in [0.25, 0.3) is 0 Å². The number of aromatic amines is 1. The molecule has 1 N–H and O–H groups in total. The zero-order valence-corrected chi connectivity index (χ0v) is 24.9. The molecule has 9 rings (SSSR count). The fourth-order valence-corrected chi connectivity index (χ4v) is 8.17. The van der Waals surface area contributed by atoms with Gasteiger partial charge in [-0.05, 0) is 56.2 Å². The Hall–Kier alpha value is -3.35. The lowest BCUT2D eigenvalue weighted by atomic mass is 9.95. The number of hydrogen-bond donors (Lipinski definition) is 1. The predicted octanol–water partition coefficient (Wildman–Crippen LogP) is 5.18. The van der Waals surface area contributed by atoms with Crippen LogP contribution < -0.4 is 14.4 Å². The number of pyridine rings is 1. The van der Waals surface area contributed by atoms with E-state index in [2.05, 4.69) is 25.0 Å². The molecule has 4 aliphatic heterocycles. The zero-order valence-electron chi connectivity index (χ0n) is 24.1. The highest BCUT2D eigenvalue weighted by molar-refractivity contribution is 6.33. The van der Waals surface area contributed by atoms with Crippen LogP contribution in [0.15, 0.2) is 12.3 Å². The summed E-state index contributed by atoms with van der Waals surface area (Å²) in [6.45, 7) is 3.50. The summed E-state index contributed by atoms with van der Waals surface area (Å²) < 4.78 is 50.1. The molecule has 1 aliphatic carbocycles. The summed E-state index contributed by atoms with van der Waals surface area (Å²) in [5, 5.41) is 8.89. The molecule has 4 fully saturated rings. The number of hydrogen-bond acceptors (Lipinski definition) is 9. The number of benzene rings is 1. The van der Waals surface area contributed by atoms with E-state index in [1.54, 1.807) is 6.20 Å². The fraction of sp³-hybridized carbons (Fsp3) is 0.548. The van der Waals surface area contributed by atoms with E-state index >= 15 is 4.39 Å². The minimum Gasteiger partial charge on any atom is -0.475 e. The topological polar surface area (TPSA) is 102 Å². The van der Waals surface area contributed by atoms with Crippen molar-refractivity contribution in [1.82, 2.24) is 30.0 Å². The van der Waals surface area contributed by atoms with Gasteiger partial charge in [-0.3, -0.25) is 10.00 Å². The molecule has 3 saturated heterocycles. The van der Waals surface area contributed by atoms with Crippen LogP contribution in [0.2, 0.25) is 5.02 Å². The number of H-pyrrole nitrogens is 1. The van der Waals surface area contributed by atoms with Crippen molar-refractivity contribution in [3.8, 4) is 23.1 Å². The molecule has 0 spiro atoms. The fourth-order valence-electron chi connectivity index (χ4n) is 7.81. The van der Waals surface area contributed by atoms with E-state index < -0.39 is 17.5 Å². The van der Waals surface area contributed by atoms with Crippen LogP contribution in [-0.4, -0.2) is 93.9 Å². The summed E-state index contributed by atoms with van der Waals surface area (Å²) in [7, 11) is 0. The first-order chi connectivity index (χ1) is 21.5. The van der Waals surface area contributed by atoms with E-state index in [0.29, 0.717) is 66.6 Å². The molecule has 10 nitrogen and oxygen atoms in total. The molecule has 0 radical (unpaired) electrons. The van der Waals surface area contributed by atoms with Crippen molar-refractivity contribution in [3.05, 3.63) is 28.7 Å². The van der Waals surface area contributed by atoms with Crippen molar-refractivity contribution in [1.29, 1.82) is 0 Å². The van der Waals surface area contributed by atoms with Crippen molar-refractivity contribution in [2.24, 2.45) is 0 Å². The maximum absolute atomic E-state index is 17.1. The third-order valence-corrected chi connectivity index (χ3v) is 10.3. The molecular weight excluding hydrogens is 592 g/mol. The van der Waals surface area contributed by atoms with E-state index in [4.69, 9.17) is 35.8 Å². The Bertz CT molecular complexity index is 1800. The van der Waals surface area contributed by atoms with Crippen LogP contribution in [0, 0.1) is 5.82 Å². The Kier molecular flexibility index (Phi) is 6.19. The first-order valence-corrected chi connectivity index (χ1v) is 15.9. The predicted molar refractivity (Wildman–Crippen MR) is 160 cm³/mol. The van der Waals surface area contributed by atoms with Crippen molar-refractivity contribution in [2.45, 2.75) is 62.2 Å². The molecule has 230 valence electrons. The van der Waals surface area contributed by atoms with E-state index in [1.165, 1.54) is 0 Å². The molecule has 44 heavy (non-hydrogen) atoms. The third kappa shape index (κ3) is 4.17. The number of ether oxygens (including phenoxy) is 3. The Labute approximate surface area is 257 Å². The molecule has 13 heteroatoms. The van der Waals surface area contributed by atoms with Crippen LogP contribution in [0.4, 0.5) is 14.6 Å².